The first-order valence-corrected chi connectivity index (χ1v) is 8.37. The Bertz CT molecular complexity index is 1090. The minimum atomic E-state index is -1.01. The second-order valence-corrected chi connectivity index (χ2v) is 6.00. The zero-order valence-corrected chi connectivity index (χ0v) is 15.7. The second kappa shape index (κ2) is 7.91. The predicted molar refractivity (Wildman–Crippen MR) is 103 cm³/mol. The molecule has 0 bridgehead atoms. The van der Waals surface area contributed by atoms with Gasteiger partial charge in [0.25, 0.3) is 17.5 Å². The number of phenolic OH excluding ortho intramolecular Hbond substituents is 1. The number of urea groups is 1. The monoisotopic (exact) mass is 413 g/mol. The maximum Gasteiger partial charge on any atom is 0.335 e. The zero-order chi connectivity index (χ0) is 22.0. The van der Waals surface area contributed by atoms with E-state index < -0.39 is 39.8 Å². The lowest BCUT2D eigenvalue weighted by atomic mass is 10.0. The highest BCUT2D eigenvalue weighted by atomic mass is 16.6. The van der Waals surface area contributed by atoms with Gasteiger partial charge in [-0.05, 0) is 30.3 Å². The normalized spacial score (nSPS) is 15.2. The number of phenols is 1. The van der Waals surface area contributed by atoms with Crippen LogP contribution in [0.3, 0.4) is 0 Å². The highest BCUT2D eigenvalue weighted by Crippen LogP contribution is 2.36. The van der Waals surface area contributed by atoms with E-state index in [-0.39, 0.29) is 17.0 Å². The van der Waals surface area contributed by atoms with Crippen LogP contribution < -0.4 is 19.7 Å². The summed E-state index contributed by atoms with van der Waals surface area (Å²) in [6.45, 7) is 0. The maximum atomic E-state index is 12.9. The Morgan fingerprint density at radius 1 is 1.10 bits per heavy atom. The number of amides is 4. The van der Waals surface area contributed by atoms with Gasteiger partial charge in [-0.3, -0.25) is 25.0 Å². The number of nitro benzene ring substituents is 1. The van der Waals surface area contributed by atoms with E-state index in [1.807, 2.05) is 5.32 Å². The van der Waals surface area contributed by atoms with Crippen molar-refractivity contribution >= 4 is 35.3 Å². The average molecular weight is 413 g/mol. The third-order valence-electron chi connectivity index (χ3n) is 4.25. The van der Waals surface area contributed by atoms with Crippen molar-refractivity contribution in [3.63, 3.8) is 0 Å². The van der Waals surface area contributed by atoms with Gasteiger partial charge in [0, 0.05) is 11.6 Å². The number of aromatic hydroxyl groups is 1. The summed E-state index contributed by atoms with van der Waals surface area (Å²) in [5.41, 5.74) is -0.979. The number of hydrogen-bond donors (Lipinski definition) is 2. The quantitative estimate of drug-likeness (QED) is 0.327. The number of benzene rings is 2. The standard InChI is InChI=1S/C19H15N3O8/c1-29-13-5-3-11(4-6-13)21-18(25)14(17(24)20-19(21)26)8-10-7-12(22(27)28)9-15(30-2)16(10)23/h3-9,23H,1-2H3,(H,20,24,26)/b14-8+. The first kappa shape index (κ1) is 20.3. The number of nitrogens with zero attached hydrogens (tertiary/aromatic N) is 2. The molecule has 0 aliphatic carbocycles. The molecule has 0 radical (unpaired) electrons. The fraction of sp³-hybridized carbons (Fsp3) is 0.105. The molecule has 4 amide bonds. The van der Waals surface area contributed by atoms with Gasteiger partial charge < -0.3 is 14.6 Å². The average Bonchev–Trinajstić information content (AvgIpc) is 2.72. The van der Waals surface area contributed by atoms with Crippen LogP contribution >= 0.6 is 0 Å². The van der Waals surface area contributed by atoms with Gasteiger partial charge in [-0.15, -0.1) is 0 Å². The Morgan fingerprint density at radius 2 is 1.77 bits per heavy atom. The van der Waals surface area contributed by atoms with Crippen molar-refractivity contribution in [2.45, 2.75) is 0 Å². The van der Waals surface area contributed by atoms with Crippen LogP contribution in [0.5, 0.6) is 17.2 Å². The first-order valence-electron chi connectivity index (χ1n) is 8.37. The van der Waals surface area contributed by atoms with E-state index in [1.54, 1.807) is 0 Å². The smallest absolute Gasteiger partial charge is 0.335 e. The molecule has 1 aliphatic rings. The van der Waals surface area contributed by atoms with Crippen LogP contribution in [0.1, 0.15) is 5.56 Å². The summed E-state index contributed by atoms with van der Waals surface area (Å²) in [4.78, 5) is 48.5. The summed E-state index contributed by atoms with van der Waals surface area (Å²) in [5.74, 6) is -2.23. The number of carbonyl (C=O) groups is 3. The largest absolute Gasteiger partial charge is 0.504 e. The number of rotatable bonds is 5. The number of methoxy groups -OCH3 is 2. The van der Waals surface area contributed by atoms with Gasteiger partial charge in [-0.1, -0.05) is 0 Å². The van der Waals surface area contributed by atoms with Crippen LogP contribution in [0.25, 0.3) is 6.08 Å². The lowest BCUT2D eigenvalue weighted by Gasteiger charge is -2.26. The lowest BCUT2D eigenvalue weighted by Crippen LogP contribution is -2.54. The van der Waals surface area contributed by atoms with Crippen molar-refractivity contribution in [2.75, 3.05) is 19.1 Å². The summed E-state index contributed by atoms with van der Waals surface area (Å²) >= 11 is 0. The number of carbonyl (C=O) groups excluding carboxylic acids is 3. The predicted octanol–water partition coefficient (Wildman–Crippen LogP) is 1.98. The number of nitro groups is 1. The number of nitrogens with one attached hydrogen (secondary N) is 1. The molecule has 1 heterocycles. The molecule has 1 aliphatic heterocycles. The number of anilines is 1. The molecule has 0 saturated carbocycles. The summed E-state index contributed by atoms with van der Waals surface area (Å²) in [6.07, 6.45) is 0.950. The third-order valence-corrected chi connectivity index (χ3v) is 4.25. The first-order chi connectivity index (χ1) is 14.3. The van der Waals surface area contributed by atoms with E-state index in [0.29, 0.717) is 5.75 Å². The van der Waals surface area contributed by atoms with E-state index in [9.17, 15) is 29.6 Å². The van der Waals surface area contributed by atoms with Gasteiger partial charge >= 0.3 is 6.03 Å². The van der Waals surface area contributed by atoms with Gasteiger partial charge in [0.1, 0.15) is 11.3 Å². The SMILES string of the molecule is COc1ccc(N2C(=O)NC(=O)/C(=C\c3cc([N+](=O)[O-])cc(OC)c3O)C2=O)cc1. The molecule has 30 heavy (non-hydrogen) atoms. The number of ether oxygens (including phenoxy) is 2. The van der Waals surface area contributed by atoms with Crippen molar-refractivity contribution in [3.8, 4) is 17.2 Å². The van der Waals surface area contributed by atoms with E-state index in [4.69, 9.17) is 9.47 Å². The number of non-ortho nitro benzene ring substituents is 1. The van der Waals surface area contributed by atoms with Gasteiger partial charge in [0.05, 0.1) is 30.9 Å². The Labute approximate surface area is 169 Å². The molecule has 0 unspecified atom stereocenters. The van der Waals surface area contributed by atoms with Crippen LogP contribution in [0.15, 0.2) is 42.0 Å². The highest BCUT2D eigenvalue weighted by molar-refractivity contribution is 6.39. The van der Waals surface area contributed by atoms with Crippen LogP contribution in [0.4, 0.5) is 16.2 Å². The Balaban J connectivity index is 2.08. The number of barbiturate groups is 1. The van der Waals surface area contributed by atoms with E-state index in [1.165, 1.54) is 38.5 Å². The number of imide groups is 2. The summed E-state index contributed by atoms with van der Waals surface area (Å²) < 4.78 is 9.93. The van der Waals surface area contributed by atoms with Crippen LogP contribution in [0.2, 0.25) is 0 Å². The molecule has 2 aromatic carbocycles. The molecule has 0 aromatic heterocycles. The minimum Gasteiger partial charge on any atom is -0.504 e. The molecule has 154 valence electrons. The van der Waals surface area contributed by atoms with Gasteiger partial charge in [-0.25, -0.2) is 9.69 Å². The fourth-order valence-corrected chi connectivity index (χ4v) is 2.76. The van der Waals surface area contributed by atoms with Crippen LogP contribution in [-0.4, -0.2) is 42.1 Å². The maximum absolute atomic E-state index is 12.9. The Morgan fingerprint density at radius 3 is 2.33 bits per heavy atom. The molecule has 11 nitrogen and oxygen atoms in total. The van der Waals surface area contributed by atoms with Gasteiger partial charge in [0.15, 0.2) is 11.5 Å². The summed E-state index contributed by atoms with van der Waals surface area (Å²) in [5, 5.41) is 23.4. The summed E-state index contributed by atoms with van der Waals surface area (Å²) in [6, 6.07) is 6.93. The second-order valence-electron chi connectivity index (χ2n) is 6.00. The lowest BCUT2D eigenvalue weighted by molar-refractivity contribution is -0.385. The van der Waals surface area contributed by atoms with Crippen molar-refractivity contribution in [1.82, 2.24) is 5.32 Å². The van der Waals surface area contributed by atoms with E-state index in [0.717, 1.165) is 23.1 Å². The van der Waals surface area contributed by atoms with Crippen LogP contribution in [-0.2, 0) is 9.59 Å². The van der Waals surface area contributed by atoms with E-state index >= 15 is 0 Å². The molecule has 2 N–H and O–H groups in total. The molecule has 0 spiro atoms. The Hall–Kier alpha value is -4.41. The fourth-order valence-electron chi connectivity index (χ4n) is 2.76. The zero-order valence-electron chi connectivity index (χ0n) is 15.7. The minimum absolute atomic E-state index is 0.164. The molecule has 11 heteroatoms. The van der Waals surface area contributed by atoms with Crippen molar-refractivity contribution in [2.24, 2.45) is 0 Å². The molecule has 3 rings (SSSR count). The molecular weight excluding hydrogens is 398 g/mol. The molecule has 0 atom stereocenters. The third kappa shape index (κ3) is 3.63. The van der Waals surface area contributed by atoms with Gasteiger partial charge in [-0.2, -0.15) is 0 Å². The van der Waals surface area contributed by atoms with E-state index in [2.05, 4.69) is 0 Å². The van der Waals surface area contributed by atoms with Crippen LogP contribution in [0, 0.1) is 10.1 Å². The van der Waals surface area contributed by atoms with Crippen molar-refractivity contribution in [3.05, 3.63) is 57.6 Å². The molecule has 1 saturated heterocycles. The van der Waals surface area contributed by atoms with Crippen molar-refractivity contribution < 1.29 is 33.9 Å². The Kier molecular flexibility index (Phi) is 5.36. The van der Waals surface area contributed by atoms with Gasteiger partial charge in [0.2, 0.25) is 0 Å². The highest BCUT2D eigenvalue weighted by Gasteiger charge is 2.37. The summed E-state index contributed by atoms with van der Waals surface area (Å²) in [7, 11) is 2.64. The van der Waals surface area contributed by atoms with Crippen molar-refractivity contribution in [1.29, 1.82) is 0 Å². The molecule has 2 aromatic rings. The number of hydrogen-bond acceptors (Lipinski definition) is 8. The molecular formula is C19H15N3O8. The molecule has 1 fully saturated rings. The topological polar surface area (TPSA) is 148 Å².